The van der Waals surface area contributed by atoms with Crippen LogP contribution in [0.5, 0.6) is 0 Å². The largest absolute Gasteiger partial charge is 0.444 e. The summed E-state index contributed by atoms with van der Waals surface area (Å²) in [4.78, 5) is 13.7. The first-order chi connectivity index (χ1) is 8.37. The van der Waals surface area contributed by atoms with Crippen LogP contribution in [0.1, 0.15) is 47.0 Å². The number of piperidine rings is 1. The normalized spacial score (nSPS) is 22.2. The fraction of sp³-hybridized carbons (Fsp3) is 0.857. The molecule has 0 bridgehead atoms. The Hall–Kier alpha value is -1.24. The van der Waals surface area contributed by atoms with Gasteiger partial charge in [0.1, 0.15) is 5.60 Å². The molecule has 102 valence electrons. The Morgan fingerprint density at radius 1 is 1.56 bits per heavy atom. The zero-order valence-electron chi connectivity index (χ0n) is 11.9. The van der Waals surface area contributed by atoms with Crippen molar-refractivity contribution < 1.29 is 9.53 Å². The van der Waals surface area contributed by atoms with E-state index < -0.39 is 5.60 Å². The van der Waals surface area contributed by atoms with Gasteiger partial charge < -0.3 is 9.64 Å². The Labute approximate surface area is 110 Å². The molecular weight excluding hydrogens is 228 g/mol. The molecule has 0 aliphatic carbocycles. The summed E-state index contributed by atoms with van der Waals surface area (Å²) in [5.41, 5.74) is -0.455. The number of carbonyl (C=O) groups excluding carboxylic acids is 1. The van der Waals surface area contributed by atoms with E-state index in [0.717, 1.165) is 25.8 Å². The van der Waals surface area contributed by atoms with E-state index in [1.54, 1.807) is 4.90 Å². The molecule has 1 fully saturated rings. The van der Waals surface area contributed by atoms with Crippen LogP contribution >= 0.6 is 0 Å². The van der Waals surface area contributed by atoms with Crippen LogP contribution in [0.2, 0.25) is 0 Å². The Morgan fingerprint density at radius 2 is 2.22 bits per heavy atom. The van der Waals surface area contributed by atoms with Crippen LogP contribution < -0.4 is 0 Å². The molecule has 0 radical (unpaired) electrons. The molecule has 1 saturated heterocycles. The van der Waals surface area contributed by atoms with Crippen LogP contribution in [-0.4, -0.2) is 29.7 Å². The second-order valence-corrected chi connectivity index (χ2v) is 5.97. The van der Waals surface area contributed by atoms with Gasteiger partial charge in [-0.1, -0.05) is 6.92 Å². The molecule has 0 aromatic carbocycles. The van der Waals surface area contributed by atoms with Gasteiger partial charge in [-0.05, 0) is 46.0 Å². The van der Waals surface area contributed by atoms with Crippen molar-refractivity contribution in [3.63, 3.8) is 0 Å². The molecule has 0 saturated carbocycles. The quantitative estimate of drug-likeness (QED) is 0.758. The number of hydrogen-bond acceptors (Lipinski definition) is 3. The number of carbonyl (C=O) groups is 1. The maximum Gasteiger partial charge on any atom is 0.410 e. The third-order valence-corrected chi connectivity index (χ3v) is 3.28. The first-order valence-electron chi connectivity index (χ1n) is 6.75. The lowest BCUT2D eigenvalue weighted by Crippen LogP contribution is -2.44. The van der Waals surface area contributed by atoms with Gasteiger partial charge in [0.15, 0.2) is 0 Å². The summed E-state index contributed by atoms with van der Waals surface area (Å²) in [7, 11) is 0. The van der Waals surface area contributed by atoms with E-state index in [4.69, 9.17) is 10.00 Å². The third kappa shape index (κ3) is 4.21. The Balaban J connectivity index is 2.59. The monoisotopic (exact) mass is 252 g/mol. The first-order valence-corrected chi connectivity index (χ1v) is 6.75. The van der Waals surface area contributed by atoms with E-state index in [1.165, 1.54) is 0 Å². The van der Waals surface area contributed by atoms with Crippen LogP contribution in [-0.2, 0) is 4.74 Å². The van der Waals surface area contributed by atoms with Gasteiger partial charge in [0.2, 0.25) is 0 Å². The summed E-state index contributed by atoms with van der Waals surface area (Å²) in [5, 5.41) is 9.10. The van der Waals surface area contributed by atoms with Crippen LogP contribution in [0.15, 0.2) is 0 Å². The van der Waals surface area contributed by atoms with Gasteiger partial charge in [-0.3, -0.25) is 0 Å². The molecule has 1 amide bonds. The highest BCUT2D eigenvalue weighted by Gasteiger charge is 2.30. The minimum Gasteiger partial charge on any atom is -0.444 e. The Morgan fingerprint density at radius 3 is 2.72 bits per heavy atom. The van der Waals surface area contributed by atoms with Gasteiger partial charge in [-0.25, -0.2) is 4.79 Å². The van der Waals surface area contributed by atoms with Crippen LogP contribution in [0.3, 0.4) is 0 Å². The van der Waals surface area contributed by atoms with E-state index in [0.29, 0.717) is 12.5 Å². The lowest BCUT2D eigenvalue weighted by molar-refractivity contribution is 0.0144. The molecule has 2 unspecified atom stereocenters. The lowest BCUT2D eigenvalue weighted by atomic mass is 9.85. The summed E-state index contributed by atoms with van der Waals surface area (Å²) in [6, 6.07) is 2.35. The highest BCUT2D eigenvalue weighted by molar-refractivity contribution is 5.68. The number of nitrogens with zero attached hydrogens (tertiary/aromatic N) is 2. The fourth-order valence-corrected chi connectivity index (χ4v) is 2.36. The smallest absolute Gasteiger partial charge is 0.410 e. The lowest BCUT2D eigenvalue weighted by Gasteiger charge is -2.35. The van der Waals surface area contributed by atoms with Crippen molar-refractivity contribution in [3.05, 3.63) is 0 Å². The van der Waals surface area contributed by atoms with E-state index in [-0.39, 0.29) is 12.0 Å². The molecule has 1 heterocycles. The highest BCUT2D eigenvalue weighted by Crippen LogP contribution is 2.26. The Kier molecular flexibility index (Phi) is 5.01. The molecule has 1 aliphatic heterocycles. The zero-order valence-corrected chi connectivity index (χ0v) is 11.9. The third-order valence-electron chi connectivity index (χ3n) is 3.28. The van der Waals surface area contributed by atoms with Crippen LogP contribution in [0.4, 0.5) is 4.79 Å². The highest BCUT2D eigenvalue weighted by atomic mass is 16.6. The van der Waals surface area contributed by atoms with Crippen LogP contribution in [0, 0.1) is 23.2 Å². The van der Waals surface area contributed by atoms with Crippen molar-refractivity contribution in [1.82, 2.24) is 4.90 Å². The summed E-state index contributed by atoms with van der Waals surface area (Å²) in [6.07, 6.45) is 2.59. The molecule has 0 spiro atoms. The molecule has 1 aliphatic rings. The second kappa shape index (κ2) is 6.08. The van der Waals surface area contributed by atoms with Crippen LogP contribution in [0.25, 0.3) is 0 Å². The van der Waals surface area contributed by atoms with Crippen molar-refractivity contribution in [2.24, 2.45) is 11.8 Å². The number of ether oxygens (including phenoxy) is 1. The zero-order chi connectivity index (χ0) is 13.8. The molecule has 4 nitrogen and oxygen atoms in total. The van der Waals surface area contributed by atoms with E-state index in [1.807, 2.05) is 27.7 Å². The number of rotatable bonds is 2. The van der Waals surface area contributed by atoms with E-state index in [9.17, 15) is 4.79 Å². The number of hydrogen-bond donors (Lipinski definition) is 0. The van der Waals surface area contributed by atoms with Gasteiger partial charge in [0.25, 0.3) is 0 Å². The molecule has 2 atom stereocenters. The summed E-state index contributed by atoms with van der Waals surface area (Å²) < 4.78 is 5.38. The summed E-state index contributed by atoms with van der Waals surface area (Å²) in [5.74, 6) is 0.344. The van der Waals surface area contributed by atoms with Crippen molar-refractivity contribution in [1.29, 1.82) is 5.26 Å². The number of amides is 1. The van der Waals surface area contributed by atoms with Gasteiger partial charge >= 0.3 is 6.09 Å². The molecule has 4 heteroatoms. The topological polar surface area (TPSA) is 53.3 Å². The Bertz CT molecular complexity index is 328. The maximum absolute atomic E-state index is 12.0. The molecular formula is C14H24N2O2. The molecule has 1 rings (SSSR count). The minimum atomic E-state index is -0.455. The maximum atomic E-state index is 12.0. The predicted molar refractivity (Wildman–Crippen MR) is 69.9 cm³/mol. The standard InChI is InChI=1S/C14H24N2O2/c1-5-11(9-15)12-7-6-8-16(10-12)13(17)18-14(2,3)4/h11-12H,5-8,10H2,1-4H3. The van der Waals surface area contributed by atoms with Gasteiger partial charge in [-0.15, -0.1) is 0 Å². The van der Waals surface area contributed by atoms with Crippen molar-refractivity contribution in [3.8, 4) is 6.07 Å². The molecule has 0 aromatic rings. The molecule has 0 aromatic heterocycles. The molecule has 0 N–H and O–H groups in total. The van der Waals surface area contributed by atoms with Crippen molar-refractivity contribution in [2.75, 3.05) is 13.1 Å². The summed E-state index contributed by atoms with van der Waals surface area (Å²) >= 11 is 0. The van der Waals surface area contributed by atoms with Crippen molar-refractivity contribution >= 4 is 6.09 Å². The van der Waals surface area contributed by atoms with Gasteiger partial charge in [0.05, 0.1) is 12.0 Å². The van der Waals surface area contributed by atoms with E-state index in [2.05, 4.69) is 6.07 Å². The second-order valence-electron chi connectivity index (χ2n) is 5.97. The number of nitriles is 1. The first kappa shape index (κ1) is 14.8. The predicted octanol–water partition coefficient (Wildman–Crippen LogP) is 3.18. The molecule has 18 heavy (non-hydrogen) atoms. The minimum absolute atomic E-state index is 0.0511. The fourth-order valence-electron chi connectivity index (χ4n) is 2.36. The summed E-state index contributed by atoms with van der Waals surface area (Å²) in [6.45, 7) is 9.04. The number of likely N-dealkylation sites (tertiary alicyclic amines) is 1. The van der Waals surface area contributed by atoms with Gasteiger partial charge in [-0.2, -0.15) is 5.26 Å². The van der Waals surface area contributed by atoms with Gasteiger partial charge in [0, 0.05) is 13.1 Å². The van der Waals surface area contributed by atoms with E-state index >= 15 is 0 Å². The SMILES string of the molecule is CCC(C#N)C1CCCN(C(=O)OC(C)(C)C)C1. The van der Waals surface area contributed by atoms with Crippen molar-refractivity contribution in [2.45, 2.75) is 52.6 Å². The average Bonchev–Trinajstić information content (AvgIpc) is 2.29. The average molecular weight is 252 g/mol.